The van der Waals surface area contributed by atoms with Gasteiger partial charge in [-0.05, 0) is 48.0 Å². The van der Waals surface area contributed by atoms with Crippen molar-refractivity contribution in [3.8, 4) is 11.5 Å². The Labute approximate surface area is 193 Å². The van der Waals surface area contributed by atoms with Crippen molar-refractivity contribution in [2.75, 3.05) is 0 Å². The third-order valence-corrected chi connectivity index (χ3v) is 7.20. The summed E-state index contributed by atoms with van der Waals surface area (Å²) in [6, 6.07) is 14.4. The maximum absolute atomic E-state index is 13.1. The molecular formula is C22H16Cl2N2O5S. The zero-order valence-electron chi connectivity index (χ0n) is 16.2. The van der Waals surface area contributed by atoms with Crippen molar-refractivity contribution in [3.63, 3.8) is 0 Å². The predicted octanol–water partition coefficient (Wildman–Crippen LogP) is 5.18. The van der Waals surface area contributed by atoms with E-state index in [1.54, 1.807) is 36.4 Å². The molecule has 0 aliphatic heterocycles. The monoisotopic (exact) mass is 490 g/mol. The molecule has 32 heavy (non-hydrogen) atoms. The van der Waals surface area contributed by atoms with Crippen molar-refractivity contribution in [1.29, 1.82) is 0 Å². The number of aromatic nitrogens is 1. The summed E-state index contributed by atoms with van der Waals surface area (Å²) in [5, 5.41) is 9.65. The van der Waals surface area contributed by atoms with Crippen LogP contribution in [0, 0.1) is 0 Å². The molecule has 7 nitrogen and oxygen atoms in total. The molecule has 0 bridgehead atoms. The summed E-state index contributed by atoms with van der Waals surface area (Å²) in [6.07, 6.45) is 1.43. The molecule has 164 valence electrons. The van der Waals surface area contributed by atoms with Gasteiger partial charge in [0.1, 0.15) is 11.8 Å². The zero-order valence-corrected chi connectivity index (χ0v) is 18.6. The van der Waals surface area contributed by atoms with Crippen LogP contribution in [0.15, 0.2) is 76.7 Å². The molecule has 0 fully saturated rings. The summed E-state index contributed by atoms with van der Waals surface area (Å²) in [4.78, 5) is 14.3. The average Bonchev–Trinajstić information content (AvgIpc) is 3.20. The zero-order chi connectivity index (χ0) is 23.0. The van der Waals surface area contributed by atoms with Crippen LogP contribution in [0.2, 0.25) is 10.0 Å². The SMILES string of the molecule is N[C@H](C(=O)O)c1cc(Cl)c(Oc2ccc3[nH]cc(S(=O)(=O)c4ccccc4)c3c2)c(Cl)c1. The molecule has 0 saturated carbocycles. The van der Waals surface area contributed by atoms with E-state index in [4.69, 9.17) is 38.8 Å². The third kappa shape index (κ3) is 4.05. The fraction of sp³-hybridized carbons (Fsp3) is 0.0455. The first-order valence-corrected chi connectivity index (χ1v) is 11.5. The van der Waals surface area contributed by atoms with Gasteiger partial charge in [0.05, 0.1) is 19.8 Å². The quantitative estimate of drug-likeness (QED) is 0.342. The molecule has 0 spiro atoms. The lowest BCUT2D eigenvalue weighted by Crippen LogP contribution is -2.20. The fourth-order valence-electron chi connectivity index (χ4n) is 3.20. The van der Waals surface area contributed by atoms with Crippen LogP contribution in [0.25, 0.3) is 10.9 Å². The van der Waals surface area contributed by atoms with Crippen LogP contribution in [0.4, 0.5) is 0 Å². The predicted molar refractivity (Wildman–Crippen MR) is 121 cm³/mol. The highest BCUT2D eigenvalue weighted by molar-refractivity contribution is 7.91. The van der Waals surface area contributed by atoms with E-state index in [0.29, 0.717) is 16.7 Å². The van der Waals surface area contributed by atoms with Crippen molar-refractivity contribution in [2.45, 2.75) is 15.8 Å². The van der Waals surface area contributed by atoms with Crippen molar-refractivity contribution in [2.24, 2.45) is 5.73 Å². The smallest absolute Gasteiger partial charge is 0.325 e. The highest BCUT2D eigenvalue weighted by Gasteiger charge is 2.23. The Bertz CT molecular complexity index is 1410. The van der Waals surface area contributed by atoms with Crippen LogP contribution >= 0.6 is 23.2 Å². The minimum atomic E-state index is -3.76. The van der Waals surface area contributed by atoms with Gasteiger partial charge in [0.2, 0.25) is 9.84 Å². The molecule has 1 atom stereocenters. The number of ether oxygens (including phenoxy) is 1. The number of carboxylic acid groups (broad SMARTS) is 1. The Morgan fingerprint density at radius 2 is 1.69 bits per heavy atom. The second kappa shape index (κ2) is 8.48. The number of benzene rings is 3. The van der Waals surface area contributed by atoms with Crippen LogP contribution in [-0.4, -0.2) is 24.5 Å². The first-order valence-electron chi connectivity index (χ1n) is 9.25. The van der Waals surface area contributed by atoms with Crippen LogP contribution < -0.4 is 10.5 Å². The van der Waals surface area contributed by atoms with Gasteiger partial charge < -0.3 is 20.6 Å². The number of aromatic amines is 1. The molecule has 4 rings (SSSR count). The molecule has 3 aromatic carbocycles. The third-order valence-electron chi connectivity index (χ3n) is 4.82. The molecule has 4 N–H and O–H groups in total. The number of fused-ring (bicyclic) bond motifs is 1. The van der Waals surface area contributed by atoms with E-state index in [9.17, 15) is 13.2 Å². The van der Waals surface area contributed by atoms with E-state index in [-0.39, 0.29) is 31.1 Å². The second-order valence-electron chi connectivity index (χ2n) is 6.91. The summed E-state index contributed by atoms with van der Waals surface area (Å²) >= 11 is 12.5. The lowest BCUT2D eigenvalue weighted by Gasteiger charge is -2.13. The number of H-pyrrole nitrogens is 1. The van der Waals surface area contributed by atoms with Gasteiger partial charge in [-0.25, -0.2) is 8.42 Å². The normalized spacial score (nSPS) is 12.6. The Morgan fingerprint density at radius 1 is 1.03 bits per heavy atom. The molecule has 10 heteroatoms. The van der Waals surface area contributed by atoms with Gasteiger partial charge in [-0.15, -0.1) is 0 Å². The summed E-state index contributed by atoms with van der Waals surface area (Å²) in [7, 11) is -3.76. The lowest BCUT2D eigenvalue weighted by atomic mass is 10.1. The minimum Gasteiger partial charge on any atom is -0.480 e. The topological polar surface area (TPSA) is 122 Å². The first kappa shape index (κ1) is 22.2. The number of carboxylic acids is 1. The number of aliphatic carboxylic acids is 1. The first-order chi connectivity index (χ1) is 15.2. The van der Waals surface area contributed by atoms with Gasteiger partial charge in [-0.3, -0.25) is 4.79 Å². The van der Waals surface area contributed by atoms with Crippen molar-refractivity contribution in [3.05, 3.63) is 82.5 Å². The molecule has 0 aliphatic carbocycles. The van der Waals surface area contributed by atoms with Crippen molar-refractivity contribution in [1.82, 2.24) is 4.98 Å². The van der Waals surface area contributed by atoms with E-state index >= 15 is 0 Å². The standard InChI is InChI=1S/C22H16Cl2N2O5S/c23-16-8-12(20(25)22(27)28)9-17(24)21(16)31-13-6-7-18-15(10-13)19(11-26-18)32(29,30)14-4-2-1-3-5-14/h1-11,20,26H,25H2,(H,27,28)/t20-/m0/s1. The van der Waals surface area contributed by atoms with Crippen LogP contribution in [0.1, 0.15) is 11.6 Å². The molecule has 1 heterocycles. The highest BCUT2D eigenvalue weighted by atomic mass is 35.5. The molecular weight excluding hydrogens is 475 g/mol. The Balaban J connectivity index is 1.73. The molecule has 0 saturated heterocycles. The number of rotatable bonds is 6. The van der Waals surface area contributed by atoms with E-state index in [1.807, 2.05) is 0 Å². The van der Waals surface area contributed by atoms with Gasteiger partial charge in [0.15, 0.2) is 5.75 Å². The number of hydrogen-bond donors (Lipinski definition) is 3. The Kier molecular flexibility index (Phi) is 5.87. The van der Waals surface area contributed by atoms with E-state index < -0.39 is 21.8 Å². The van der Waals surface area contributed by atoms with Crippen molar-refractivity contribution >= 4 is 49.9 Å². The van der Waals surface area contributed by atoms with E-state index in [1.165, 1.54) is 30.5 Å². The number of carbonyl (C=O) groups is 1. The molecule has 0 amide bonds. The van der Waals surface area contributed by atoms with Crippen LogP contribution in [0.5, 0.6) is 11.5 Å². The number of nitrogens with two attached hydrogens (primary N) is 1. The summed E-state index contributed by atoms with van der Waals surface area (Å²) in [5.74, 6) is -0.839. The Morgan fingerprint density at radius 3 is 2.31 bits per heavy atom. The second-order valence-corrected chi connectivity index (χ2v) is 9.64. The number of nitrogens with one attached hydrogen (secondary N) is 1. The number of sulfone groups is 1. The molecule has 1 aromatic heterocycles. The number of halogens is 2. The maximum Gasteiger partial charge on any atom is 0.325 e. The molecule has 0 unspecified atom stereocenters. The highest BCUT2D eigenvalue weighted by Crippen LogP contribution is 2.40. The molecule has 0 aliphatic rings. The number of hydrogen-bond acceptors (Lipinski definition) is 5. The van der Waals surface area contributed by atoms with Crippen LogP contribution in [0.3, 0.4) is 0 Å². The summed E-state index contributed by atoms with van der Waals surface area (Å²) in [6.45, 7) is 0. The van der Waals surface area contributed by atoms with E-state index in [2.05, 4.69) is 4.98 Å². The van der Waals surface area contributed by atoms with Crippen LogP contribution in [-0.2, 0) is 14.6 Å². The van der Waals surface area contributed by atoms with E-state index in [0.717, 1.165) is 0 Å². The van der Waals surface area contributed by atoms with Gasteiger partial charge >= 0.3 is 5.97 Å². The molecule has 4 aromatic rings. The summed E-state index contributed by atoms with van der Waals surface area (Å²) in [5.41, 5.74) is 6.44. The average molecular weight is 491 g/mol. The maximum atomic E-state index is 13.1. The minimum absolute atomic E-state index is 0.0653. The largest absolute Gasteiger partial charge is 0.480 e. The lowest BCUT2D eigenvalue weighted by molar-refractivity contribution is -0.138. The van der Waals surface area contributed by atoms with Crippen molar-refractivity contribution < 1.29 is 23.1 Å². The summed E-state index contributed by atoms with van der Waals surface area (Å²) < 4.78 is 32.0. The fourth-order valence-corrected chi connectivity index (χ4v) is 5.23. The molecule has 0 radical (unpaired) electrons. The Hall–Kier alpha value is -3.04. The van der Waals surface area contributed by atoms with Gasteiger partial charge in [-0.2, -0.15) is 0 Å². The van der Waals surface area contributed by atoms with Gasteiger partial charge in [0.25, 0.3) is 0 Å². The van der Waals surface area contributed by atoms with Gasteiger partial charge in [0, 0.05) is 17.1 Å². The van der Waals surface area contributed by atoms with Gasteiger partial charge in [-0.1, -0.05) is 41.4 Å².